The van der Waals surface area contributed by atoms with E-state index >= 15 is 0 Å². The molecule has 0 N–H and O–H groups in total. The van der Waals surface area contributed by atoms with E-state index in [4.69, 9.17) is 16.3 Å². The summed E-state index contributed by atoms with van der Waals surface area (Å²) in [6.45, 7) is 3.22. The van der Waals surface area contributed by atoms with Crippen LogP contribution in [0.15, 0.2) is 24.3 Å². The predicted molar refractivity (Wildman–Crippen MR) is 52.2 cm³/mol. The number of carbonyl (C=O) groups excluding carboxylic acids is 1. The van der Waals surface area contributed by atoms with Gasteiger partial charge in [-0.3, -0.25) is 4.79 Å². The minimum atomic E-state index is -0.402. The van der Waals surface area contributed by atoms with Crippen LogP contribution in [0.2, 0.25) is 5.02 Å². The summed E-state index contributed by atoms with van der Waals surface area (Å²) >= 11 is 5.69. The first-order chi connectivity index (χ1) is 6.09. The Balaban J connectivity index is 2.64. The summed E-state index contributed by atoms with van der Waals surface area (Å²) in [6.07, 6.45) is -0.402. The lowest BCUT2D eigenvalue weighted by molar-refractivity contribution is -0.122. The molecule has 0 saturated heterocycles. The zero-order valence-electron chi connectivity index (χ0n) is 7.58. The van der Waals surface area contributed by atoms with E-state index in [0.29, 0.717) is 10.8 Å². The van der Waals surface area contributed by atoms with Gasteiger partial charge in [0.25, 0.3) is 0 Å². The van der Waals surface area contributed by atoms with Gasteiger partial charge in [0.05, 0.1) is 0 Å². The number of benzene rings is 1. The van der Waals surface area contributed by atoms with Crippen molar-refractivity contribution in [1.82, 2.24) is 0 Å². The first-order valence-electron chi connectivity index (χ1n) is 4.02. The Bertz CT molecular complexity index is 292. The van der Waals surface area contributed by atoms with Gasteiger partial charge in [-0.1, -0.05) is 11.6 Å². The quantitative estimate of drug-likeness (QED) is 0.747. The standard InChI is InChI=1S/C10H11ClO2/c1-7(12)8(2)13-10-5-3-9(11)4-6-10/h3-6,8H,1-2H3/t8-/m1/s1. The number of ketones is 1. The second-order valence-electron chi connectivity index (χ2n) is 2.82. The lowest BCUT2D eigenvalue weighted by Gasteiger charge is -2.10. The van der Waals surface area contributed by atoms with Gasteiger partial charge in [-0.25, -0.2) is 0 Å². The van der Waals surface area contributed by atoms with Crippen molar-refractivity contribution in [3.8, 4) is 5.75 Å². The van der Waals surface area contributed by atoms with Crippen LogP contribution in [0.5, 0.6) is 5.75 Å². The van der Waals surface area contributed by atoms with Crippen molar-refractivity contribution in [3.05, 3.63) is 29.3 Å². The zero-order valence-corrected chi connectivity index (χ0v) is 8.34. The van der Waals surface area contributed by atoms with Crippen LogP contribution in [0.25, 0.3) is 0 Å². The van der Waals surface area contributed by atoms with E-state index in [1.165, 1.54) is 6.92 Å². The third-order valence-corrected chi connectivity index (χ3v) is 1.95. The Morgan fingerprint density at radius 3 is 2.38 bits per heavy atom. The molecule has 0 aliphatic heterocycles. The van der Waals surface area contributed by atoms with E-state index in [2.05, 4.69) is 0 Å². The number of hydrogen-bond donors (Lipinski definition) is 0. The minimum Gasteiger partial charge on any atom is -0.483 e. The fraction of sp³-hybridized carbons (Fsp3) is 0.300. The van der Waals surface area contributed by atoms with Crippen LogP contribution in [0.4, 0.5) is 0 Å². The molecule has 0 unspecified atom stereocenters. The molecule has 0 bridgehead atoms. The minimum absolute atomic E-state index is 0.00921. The summed E-state index contributed by atoms with van der Waals surface area (Å²) in [5.74, 6) is 0.669. The topological polar surface area (TPSA) is 26.3 Å². The highest BCUT2D eigenvalue weighted by molar-refractivity contribution is 6.30. The van der Waals surface area contributed by atoms with E-state index in [0.717, 1.165) is 0 Å². The van der Waals surface area contributed by atoms with E-state index in [9.17, 15) is 4.79 Å². The van der Waals surface area contributed by atoms with Crippen molar-refractivity contribution in [2.75, 3.05) is 0 Å². The molecule has 0 spiro atoms. The highest BCUT2D eigenvalue weighted by Gasteiger charge is 2.08. The van der Waals surface area contributed by atoms with Gasteiger partial charge in [0, 0.05) is 5.02 Å². The average Bonchev–Trinajstić information content (AvgIpc) is 2.08. The van der Waals surface area contributed by atoms with Crippen LogP contribution in [0.3, 0.4) is 0 Å². The second kappa shape index (κ2) is 4.28. The summed E-state index contributed by atoms with van der Waals surface area (Å²) in [6, 6.07) is 6.93. The second-order valence-corrected chi connectivity index (χ2v) is 3.26. The van der Waals surface area contributed by atoms with Gasteiger partial charge in [0.15, 0.2) is 11.9 Å². The Labute approximate surface area is 82.5 Å². The number of carbonyl (C=O) groups is 1. The maximum atomic E-state index is 10.9. The van der Waals surface area contributed by atoms with Crippen LogP contribution in [0, 0.1) is 0 Å². The van der Waals surface area contributed by atoms with Crippen LogP contribution in [-0.2, 0) is 4.79 Å². The van der Waals surface area contributed by atoms with Gasteiger partial charge in [-0.2, -0.15) is 0 Å². The Morgan fingerprint density at radius 2 is 1.92 bits per heavy atom. The summed E-state index contributed by atoms with van der Waals surface area (Å²) in [4.78, 5) is 10.9. The monoisotopic (exact) mass is 198 g/mol. The first kappa shape index (κ1) is 10.1. The van der Waals surface area contributed by atoms with Crippen molar-refractivity contribution in [3.63, 3.8) is 0 Å². The molecule has 0 aromatic heterocycles. The Morgan fingerprint density at radius 1 is 1.38 bits per heavy atom. The average molecular weight is 199 g/mol. The number of Topliss-reactive ketones (excluding diaryl/α,β-unsaturated/α-hetero) is 1. The van der Waals surface area contributed by atoms with Gasteiger partial charge < -0.3 is 4.74 Å². The highest BCUT2D eigenvalue weighted by atomic mass is 35.5. The van der Waals surface area contributed by atoms with Gasteiger partial charge in [0.1, 0.15) is 5.75 Å². The predicted octanol–water partition coefficient (Wildman–Crippen LogP) is 2.70. The maximum absolute atomic E-state index is 10.9. The van der Waals surface area contributed by atoms with Crippen molar-refractivity contribution < 1.29 is 9.53 Å². The third-order valence-electron chi connectivity index (χ3n) is 1.70. The number of halogens is 1. The van der Waals surface area contributed by atoms with Gasteiger partial charge >= 0.3 is 0 Å². The van der Waals surface area contributed by atoms with Gasteiger partial charge in [-0.05, 0) is 38.1 Å². The molecule has 2 nitrogen and oxygen atoms in total. The smallest absolute Gasteiger partial charge is 0.169 e. The number of rotatable bonds is 3. The van der Waals surface area contributed by atoms with Gasteiger partial charge in [0.2, 0.25) is 0 Å². The fourth-order valence-electron chi connectivity index (χ4n) is 0.800. The van der Waals surface area contributed by atoms with Crippen LogP contribution in [-0.4, -0.2) is 11.9 Å². The van der Waals surface area contributed by atoms with E-state index in [1.807, 2.05) is 0 Å². The van der Waals surface area contributed by atoms with E-state index < -0.39 is 6.10 Å². The Hall–Kier alpha value is -1.02. The molecule has 0 heterocycles. The molecular formula is C10H11ClO2. The highest BCUT2D eigenvalue weighted by Crippen LogP contribution is 2.16. The molecule has 0 radical (unpaired) electrons. The summed E-state index contributed by atoms with van der Waals surface area (Å²) in [7, 11) is 0. The molecule has 13 heavy (non-hydrogen) atoms. The molecular weight excluding hydrogens is 188 g/mol. The van der Waals surface area contributed by atoms with Crippen LogP contribution >= 0.6 is 11.6 Å². The van der Waals surface area contributed by atoms with Gasteiger partial charge in [-0.15, -0.1) is 0 Å². The van der Waals surface area contributed by atoms with Crippen LogP contribution in [0.1, 0.15) is 13.8 Å². The zero-order chi connectivity index (χ0) is 9.84. The molecule has 0 amide bonds. The van der Waals surface area contributed by atoms with E-state index in [1.54, 1.807) is 31.2 Å². The number of ether oxygens (including phenoxy) is 1. The molecule has 0 fully saturated rings. The van der Waals surface area contributed by atoms with E-state index in [-0.39, 0.29) is 5.78 Å². The molecule has 1 aromatic carbocycles. The molecule has 0 aliphatic rings. The third kappa shape index (κ3) is 3.07. The summed E-state index contributed by atoms with van der Waals surface area (Å²) in [5.41, 5.74) is 0. The fourth-order valence-corrected chi connectivity index (χ4v) is 0.926. The summed E-state index contributed by atoms with van der Waals surface area (Å²) in [5, 5.41) is 0.655. The summed E-state index contributed by atoms with van der Waals surface area (Å²) < 4.78 is 5.32. The van der Waals surface area contributed by atoms with Crippen molar-refractivity contribution in [1.29, 1.82) is 0 Å². The normalized spacial score (nSPS) is 12.2. The van der Waals surface area contributed by atoms with Crippen molar-refractivity contribution >= 4 is 17.4 Å². The Kier molecular flexibility index (Phi) is 3.32. The van der Waals surface area contributed by atoms with Crippen molar-refractivity contribution in [2.45, 2.75) is 20.0 Å². The van der Waals surface area contributed by atoms with Crippen molar-refractivity contribution in [2.24, 2.45) is 0 Å². The molecule has 3 heteroatoms. The first-order valence-corrected chi connectivity index (χ1v) is 4.40. The molecule has 0 saturated carbocycles. The molecule has 70 valence electrons. The molecule has 1 atom stereocenters. The number of hydrogen-bond acceptors (Lipinski definition) is 2. The maximum Gasteiger partial charge on any atom is 0.169 e. The molecule has 1 aromatic rings. The largest absolute Gasteiger partial charge is 0.483 e. The lowest BCUT2D eigenvalue weighted by atomic mass is 10.3. The lowest BCUT2D eigenvalue weighted by Crippen LogP contribution is -2.20. The van der Waals surface area contributed by atoms with Crippen LogP contribution < -0.4 is 4.74 Å². The molecule has 0 aliphatic carbocycles. The molecule has 1 rings (SSSR count). The SMILES string of the molecule is CC(=O)[C@@H](C)Oc1ccc(Cl)cc1.